The third-order valence-corrected chi connectivity index (χ3v) is 2.95. The van der Waals surface area contributed by atoms with Crippen LogP contribution in [0.4, 0.5) is 0 Å². The van der Waals surface area contributed by atoms with Crippen molar-refractivity contribution < 1.29 is 4.79 Å². The SMILES string of the molecule is CC(C)C1(C(N)=O)CC1Cl. The third-order valence-electron chi connectivity index (χ3n) is 2.40. The van der Waals surface area contributed by atoms with E-state index in [-0.39, 0.29) is 22.6 Å². The Hall–Kier alpha value is -0.240. The van der Waals surface area contributed by atoms with Gasteiger partial charge in [-0.05, 0) is 12.3 Å². The minimum Gasteiger partial charge on any atom is -0.369 e. The molecule has 2 atom stereocenters. The maximum Gasteiger partial charge on any atom is 0.225 e. The summed E-state index contributed by atoms with van der Waals surface area (Å²) in [5.41, 5.74) is 4.81. The van der Waals surface area contributed by atoms with Gasteiger partial charge in [-0.3, -0.25) is 4.79 Å². The number of hydrogen-bond donors (Lipinski definition) is 1. The molecule has 2 N–H and O–H groups in total. The molecule has 0 bridgehead atoms. The van der Waals surface area contributed by atoms with Crippen LogP contribution >= 0.6 is 11.6 Å². The number of rotatable bonds is 2. The molecule has 0 aliphatic heterocycles. The first-order valence-electron chi connectivity index (χ1n) is 3.45. The minimum atomic E-state index is -0.387. The summed E-state index contributed by atoms with van der Waals surface area (Å²) < 4.78 is 0. The Kier molecular flexibility index (Phi) is 1.67. The second kappa shape index (κ2) is 2.12. The number of carbonyl (C=O) groups excluding carboxylic acids is 1. The molecule has 0 aromatic rings. The fourth-order valence-corrected chi connectivity index (χ4v) is 1.99. The monoisotopic (exact) mass is 161 g/mol. The number of carbonyl (C=O) groups is 1. The number of amides is 1. The van der Waals surface area contributed by atoms with Gasteiger partial charge in [-0.2, -0.15) is 0 Å². The van der Waals surface area contributed by atoms with Crippen LogP contribution in [-0.2, 0) is 4.79 Å². The molecule has 1 saturated carbocycles. The number of alkyl halides is 1. The van der Waals surface area contributed by atoms with Gasteiger partial charge in [0, 0.05) is 5.38 Å². The Balaban J connectivity index is 2.73. The van der Waals surface area contributed by atoms with Gasteiger partial charge in [0.15, 0.2) is 0 Å². The van der Waals surface area contributed by atoms with E-state index in [1.165, 1.54) is 0 Å². The molecule has 0 radical (unpaired) electrons. The summed E-state index contributed by atoms with van der Waals surface area (Å²) in [7, 11) is 0. The summed E-state index contributed by atoms with van der Waals surface area (Å²) in [6.07, 6.45) is 0.752. The molecule has 0 heterocycles. The largest absolute Gasteiger partial charge is 0.369 e. The van der Waals surface area contributed by atoms with E-state index in [2.05, 4.69) is 0 Å². The second-order valence-corrected chi connectivity index (χ2v) is 3.76. The molecule has 1 fully saturated rings. The highest BCUT2D eigenvalue weighted by Crippen LogP contribution is 2.55. The van der Waals surface area contributed by atoms with Gasteiger partial charge in [0.05, 0.1) is 5.41 Å². The van der Waals surface area contributed by atoms with Crippen molar-refractivity contribution >= 4 is 17.5 Å². The lowest BCUT2D eigenvalue weighted by molar-refractivity contribution is -0.124. The minimum absolute atomic E-state index is 0.0231. The molecule has 3 heteroatoms. The number of nitrogens with two attached hydrogens (primary N) is 1. The summed E-state index contributed by atoms with van der Waals surface area (Å²) in [6.45, 7) is 3.96. The summed E-state index contributed by atoms with van der Waals surface area (Å²) >= 11 is 5.80. The molecule has 1 rings (SSSR count). The van der Waals surface area contributed by atoms with Crippen LogP contribution < -0.4 is 5.73 Å². The maximum atomic E-state index is 10.9. The van der Waals surface area contributed by atoms with Gasteiger partial charge < -0.3 is 5.73 Å². The van der Waals surface area contributed by atoms with Crippen molar-refractivity contribution in [1.82, 2.24) is 0 Å². The first-order valence-corrected chi connectivity index (χ1v) is 3.89. The second-order valence-electron chi connectivity index (χ2n) is 3.23. The zero-order valence-corrected chi connectivity index (χ0v) is 6.98. The van der Waals surface area contributed by atoms with E-state index in [1.54, 1.807) is 0 Å². The van der Waals surface area contributed by atoms with Gasteiger partial charge in [0.25, 0.3) is 0 Å². The van der Waals surface area contributed by atoms with Crippen molar-refractivity contribution in [1.29, 1.82) is 0 Å². The number of hydrogen-bond acceptors (Lipinski definition) is 1. The lowest BCUT2D eigenvalue weighted by Gasteiger charge is -2.14. The highest BCUT2D eigenvalue weighted by molar-refractivity contribution is 6.25. The van der Waals surface area contributed by atoms with Gasteiger partial charge in [-0.15, -0.1) is 11.6 Å². The fourth-order valence-electron chi connectivity index (χ4n) is 1.37. The van der Waals surface area contributed by atoms with Crippen LogP contribution in [0.1, 0.15) is 20.3 Å². The summed E-state index contributed by atoms with van der Waals surface area (Å²) in [4.78, 5) is 10.9. The Bertz CT molecular complexity index is 169. The molecule has 0 saturated heterocycles. The molecule has 2 unspecified atom stereocenters. The Morgan fingerprint density at radius 1 is 1.80 bits per heavy atom. The molecule has 2 nitrogen and oxygen atoms in total. The molecule has 1 aliphatic rings. The quantitative estimate of drug-likeness (QED) is 0.607. The van der Waals surface area contributed by atoms with Crippen LogP contribution in [-0.4, -0.2) is 11.3 Å². The van der Waals surface area contributed by atoms with Crippen molar-refractivity contribution in [3.8, 4) is 0 Å². The van der Waals surface area contributed by atoms with Gasteiger partial charge in [0.2, 0.25) is 5.91 Å². The number of primary amides is 1. The van der Waals surface area contributed by atoms with Gasteiger partial charge in [-0.25, -0.2) is 0 Å². The van der Waals surface area contributed by atoms with Crippen LogP contribution in [0.15, 0.2) is 0 Å². The highest BCUT2D eigenvalue weighted by atomic mass is 35.5. The lowest BCUT2D eigenvalue weighted by atomic mass is 9.92. The van der Waals surface area contributed by atoms with E-state index in [4.69, 9.17) is 17.3 Å². The molecule has 58 valence electrons. The van der Waals surface area contributed by atoms with E-state index in [0.29, 0.717) is 0 Å². The predicted molar refractivity (Wildman–Crippen MR) is 40.7 cm³/mol. The lowest BCUT2D eigenvalue weighted by Crippen LogP contribution is -2.31. The number of halogens is 1. The first-order chi connectivity index (χ1) is 4.51. The Labute approximate surface area is 65.7 Å². The van der Waals surface area contributed by atoms with Crippen LogP contribution in [0.5, 0.6) is 0 Å². The highest BCUT2D eigenvalue weighted by Gasteiger charge is 2.60. The predicted octanol–water partition coefficient (Wildman–Crippen LogP) is 1.13. The summed E-state index contributed by atoms with van der Waals surface area (Å²) in [5, 5.41) is -0.0231. The molecule has 1 amide bonds. The molecule has 0 aromatic carbocycles. The van der Waals surface area contributed by atoms with E-state index in [9.17, 15) is 4.79 Å². The van der Waals surface area contributed by atoms with Crippen molar-refractivity contribution in [3.05, 3.63) is 0 Å². The van der Waals surface area contributed by atoms with E-state index >= 15 is 0 Å². The normalized spacial score (nSPS) is 38.2. The average Bonchev–Trinajstić information content (AvgIpc) is 2.42. The van der Waals surface area contributed by atoms with Crippen molar-refractivity contribution in [3.63, 3.8) is 0 Å². The fraction of sp³-hybridized carbons (Fsp3) is 0.857. The van der Waals surface area contributed by atoms with Crippen molar-refractivity contribution in [2.45, 2.75) is 25.6 Å². The van der Waals surface area contributed by atoms with Crippen molar-refractivity contribution in [2.24, 2.45) is 17.1 Å². The van der Waals surface area contributed by atoms with Crippen LogP contribution in [0, 0.1) is 11.3 Å². The van der Waals surface area contributed by atoms with Gasteiger partial charge in [0.1, 0.15) is 0 Å². The van der Waals surface area contributed by atoms with Crippen LogP contribution in [0.25, 0.3) is 0 Å². The van der Waals surface area contributed by atoms with Gasteiger partial charge >= 0.3 is 0 Å². The maximum absolute atomic E-state index is 10.9. The molecule has 1 aliphatic carbocycles. The van der Waals surface area contributed by atoms with E-state index < -0.39 is 0 Å². The van der Waals surface area contributed by atoms with E-state index in [0.717, 1.165) is 6.42 Å². The average molecular weight is 162 g/mol. The van der Waals surface area contributed by atoms with Crippen molar-refractivity contribution in [2.75, 3.05) is 0 Å². The van der Waals surface area contributed by atoms with Crippen LogP contribution in [0.3, 0.4) is 0 Å². The summed E-state index contributed by atoms with van der Waals surface area (Å²) in [6, 6.07) is 0. The molecule has 0 aromatic heterocycles. The summed E-state index contributed by atoms with van der Waals surface area (Å²) in [5.74, 6) is 0.0231. The Morgan fingerprint density at radius 2 is 2.20 bits per heavy atom. The first kappa shape index (κ1) is 7.86. The standard InChI is InChI=1S/C7H12ClNO/c1-4(2)7(6(9)10)3-5(7)8/h4-5H,3H2,1-2H3,(H2,9,10). The van der Waals surface area contributed by atoms with Crippen LogP contribution in [0.2, 0.25) is 0 Å². The van der Waals surface area contributed by atoms with E-state index in [1.807, 2.05) is 13.8 Å². The molecule has 0 spiro atoms. The molecule has 10 heavy (non-hydrogen) atoms. The smallest absolute Gasteiger partial charge is 0.225 e. The zero-order valence-electron chi connectivity index (χ0n) is 6.23. The van der Waals surface area contributed by atoms with Gasteiger partial charge in [-0.1, -0.05) is 13.8 Å². The third kappa shape index (κ3) is 0.823. The zero-order chi connectivity index (χ0) is 7.94. The Morgan fingerprint density at radius 3 is 2.20 bits per heavy atom. The molecular formula is C7H12ClNO. The molecular weight excluding hydrogens is 150 g/mol. The topological polar surface area (TPSA) is 43.1 Å².